The Hall–Kier alpha value is -3.77. The smallest absolute Gasteiger partial charge is 0.229 e. The summed E-state index contributed by atoms with van der Waals surface area (Å²) in [4.78, 5) is 21.9. The van der Waals surface area contributed by atoms with E-state index in [1.165, 1.54) is 5.56 Å². The van der Waals surface area contributed by atoms with Gasteiger partial charge >= 0.3 is 0 Å². The van der Waals surface area contributed by atoms with Gasteiger partial charge < -0.3 is 15.5 Å². The SMILES string of the molecule is C/C=C(\C=C/CO)c1cnc(NC(=O)Cc2ccc(O)cc2)c(CCc2ccccc2)n1. The first-order valence-electron chi connectivity index (χ1n) is 10.5. The lowest BCUT2D eigenvalue weighted by Gasteiger charge is -2.12. The third-order valence-corrected chi connectivity index (χ3v) is 4.91. The first kappa shape index (κ1) is 22.9. The average molecular weight is 430 g/mol. The van der Waals surface area contributed by atoms with Gasteiger partial charge in [0.1, 0.15) is 5.75 Å². The van der Waals surface area contributed by atoms with Crippen molar-refractivity contribution in [2.75, 3.05) is 11.9 Å². The molecule has 0 radical (unpaired) electrons. The second-order valence-corrected chi connectivity index (χ2v) is 7.26. The molecule has 1 aromatic heterocycles. The van der Waals surface area contributed by atoms with Crippen LogP contribution >= 0.6 is 0 Å². The molecule has 0 aliphatic carbocycles. The van der Waals surface area contributed by atoms with E-state index in [0.29, 0.717) is 23.6 Å². The number of anilines is 1. The van der Waals surface area contributed by atoms with Crippen molar-refractivity contribution in [3.8, 4) is 5.75 Å². The number of carbonyl (C=O) groups excluding carboxylic acids is 1. The zero-order valence-corrected chi connectivity index (χ0v) is 18.0. The molecule has 0 unspecified atom stereocenters. The third-order valence-electron chi connectivity index (χ3n) is 4.91. The number of hydrogen-bond donors (Lipinski definition) is 3. The number of amides is 1. The standard InChI is InChI=1S/C26H27N3O3/c1-2-21(9-6-16-30)24-18-27-26(23(28-24)15-12-19-7-4-3-5-8-19)29-25(32)17-20-10-13-22(31)14-11-20/h2-11,13-14,18,30-31H,12,15-17H2,1H3,(H,27,29,32)/b9-6-,21-2+. The number of nitrogens with zero attached hydrogens (tertiary/aromatic N) is 2. The average Bonchev–Trinajstić information content (AvgIpc) is 2.81. The molecule has 6 heteroatoms. The minimum atomic E-state index is -0.204. The number of phenols is 1. The van der Waals surface area contributed by atoms with E-state index >= 15 is 0 Å². The highest BCUT2D eigenvalue weighted by molar-refractivity contribution is 5.92. The highest BCUT2D eigenvalue weighted by Gasteiger charge is 2.13. The highest BCUT2D eigenvalue weighted by atomic mass is 16.3. The predicted octanol–water partition coefficient (Wildman–Crippen LogP) is 4.10. The van der Waals surface area contributed by atoms with Crippen LogP contribution in [-0.4, -0.2) is 32.7 Å². The van der Waals surface area contributed by atoms with Crippen LogP contribution in [0.25, 0.3) is 5.57 Å². The van der Waals surface area contributed by atoms with Gasteiger partial charge in [0, 0.05) is 0 Å². The van der Waals surface area contributed by atoms with Crippen molar-refractivity contribution >= 4 is 17.3 Å². The number of carbonyl (C=O) groups is 1. The molecule has 3 aromatic rings. The Balaban J connectivity index is 1.82. The van der Waals surface area contributed by atoms with Crippen molar-refractivity contribution in [3.05, 3.63) is 102 Å². The zero-order valence-electron chi connectivity index (χ0n) is 18.0. The fraction of sp³-hybridized carbons (Fsp3) is 0.192. The van der Waals surface area contributed by atoms with Gasteiger partial charge in [-0.15, -0.1) is 0 Å². The van der Waals surface area contributed by atoms with E-state index in [9.17, 15) is 9.90 Å². The Kier molecular flexibility index (Phi) is 8.29. The Morgan fingerprint density at radius 1 is 1.03 bits per heavy atom. The number of hydrogen-bond acceptors (Lipinski definition) is 5. The summed E-state index contributed by atoms with van der Waals surface area (Å²) < 4.78 is 0. The highest BCUT2D eigenvalue weighted by Crippen LogP contribution is 2.20. The van der Waals surface area contributed by atoms with Crippen LogP contribution < -0.4 is 5.32 Å². The minimum absolute atomic E-state index is 0.0585. The maximum Gasteiger partial charge on any atom is 0.229 e. The number of aromatic hydroxyl groups is 1. The second-order valence-electron chi connectivity index (χ2n) is 7.26. The van der Waals surface area contributed by atoms with Crippen molar-refractivity contribution in [2.24, 2.45) is 0 Å². The van der Waals surface area contributed by atoms with Crippen molar-refractivity contribution in [3.63, 3.8) is 0 Å². The predicted molar refractivity (Wildman–Crippen MR) is 126 cm³/mol. The van der Waals surface area contributed by atoms with E-state index in [2.05, 4.69) is 22.4 Å². The first-order chi connectivity index (χ1) is 15.6. The molecule has 1 amide bonds. The van der Waals surface area contributed by atoms with Gasteiger partial charge in [-0.05, 0) is 48.6 Å². The van der Waals surface area contributed by atoms with Crippen LogP contribution in [0.2, 0.25) is 0 Å². The number of aromatic nitrogens is 2. The van der Waals surface area contributed by atoms with E-state index in [4.69, 9.17) is 10.1 Å². The molecule has 0 saturated heterocycles. The summed E-state index contributed by atoms with van der Waals surface area (Å²) >= 11 is 0. The summed E-state index contributed by atoms with van der Waals surface area (Å²) in [5, 5.41) is 21.4. The summed E-state index contributed by atoms with van der Waals surface area (Å²) in [5.74, 6) is 0.397. The zero-order chi connectivity index (χ0) is 22.8. The topological polar surface area (TPSA) is 95.3 Å². The number of aryl methyl sites for hydroxylation is 2. The van der Waals surface area contributed by atoms with Gasteiger partial charge in [-0.2, -0.15) is 0 Å². The lowest BCUT2D eigenvalue weighted by atomic mass is 10.1. The van der Waals surface area contributed by atoms with Crippen LogP contribution in [0.4, 0.5) is 5.82 Å². The van der Waals surface area contributed by atoms with Gasteiger partial charge in [-0.1, -0.05) is 60.7 Å². The molecular weight excluding hydrogens is 402 g/mol. The maximum atomic E-state index is 12.6. The number of allylic oxidation sites excluding steroid dienone is 3. The van der Waals surface area contributed by atoms with Gasteiger partial charge in [-0.25, -0.2) is 9.97 Å². The number of rotatable bonds is 9. The van der Waals surface area contributed by atoms with Crippen LogP contribution in [0.15, 0.2) is 79.0 Å². The molecule has 0 aliphatic heterocycles. The van der Waals surface area contributed by atoms with Crippen LogP contribution in [0.3, 0.4) is 0 Å². The Morgan fingerprint density at radius 2 is 1.78 bits per heavy atom. The lowest BCUT2D eigenvalue weighted by Crippen LogP contribution is -2.18. The van der Waals surface area contributed by atoms with Gasteiger partial charge in [0.15, 0.2) is 5.82 Å². The minimum Gasteiger partial charge on any atom is -0.508 e. The lowest BCUT2D eigenvalue weighted by molar-refractivity contribution is -0.115. The fourth-order valence-corrected chi connectivity index (χ4v) is 3.24. The molecule has 32 heavy (non-hydrogen) atoms. The number of aliphatic hydroxyl groups is 1. The molecule has 1 heterocycles. The summed E-state index contributed by atoms with van der Waals surface area (Å²) in [6.45, 7) is 1.84. The Bertz CT molecular complexity index is 1090. The van der Waals surface area contributed by atoms with Crippen molar-refractivity contribution in [2.45, 2.75) is 26.2 Å². The summed E-state index contributed by atoms with van der Waals surface area (Å²) in [7, 11) is 0. The summed E-state index contributed by atoms with van der Waals surface area (Å²) in [5.41, 5.74) is 4.18. The molecule has 6 nitrogen and oxygen atoms in total. The van der Waals surface area contributed by atoms with Crippen LogP contribution in [0.1, 0.15) is 29.4 Å². The first-order valence-corrected chi connectivity index (χ1v) is 10.5. The molecule has 2 aromatic carbocycles. The van der Waals surface area contributed by atoms with Crippen molar-refractivity contribution in [1.29, 1.82) is 0 Å². The third kappa shape index (κ3) is 6.62. The Morgan fingerprint density at radius 3 is 2.47 bits per heavy atom. The van der Waals surface area contributed by atoms with Crippen LogP contribution in [0, 0.1) is 0 Å². The number of phenolic OH excluding ortho intramolecular Hbond substituents is 1. The van der Waals surface area contributed by atoms with Crippen molar-refractivity contribution in [1.82, 2.24) is 9.97 Å². The molecule has 0 bridgehead atoms. The molecule has 164 valence electrons. The van der Waals surface area contributed by atoms with Gasteiger partial charge in [-0.3, -0.25) is 4.79 Å². The number of aliphatic hydroxyl groups excluding tert-OH is 1. The molecule has 3 rings (SSSR count). The largest absolute Gasteiger partial charge is 0.508 e. The van der Waals surface area contributed by atoms with E-state index < -0.39 is 0 Å². The quantitative estimate of drug-likeness (QED) is 0.445. The molecule has 0 fully saturated rings. The molecular formula is C26H27N3O3. The number of benzene rings is 2. The Labute approximate surface area is 188 Å². The van der Waals surface area contributed by atoms with Crippen molar-refractivity contribution < 1.29 is 15.0 Å². The maximum absolute atomic E-state index is 12.6. The van der Waals surface area contributed by atoms with E-state index in [1.54, 1.807) is 42.6 Å². The van der Waals surface area contributed by atoms with E-state index in [0.717, 1.165) is 17.6 Å². The monoisotopic (exact) mass is 429 g/mol. The molecule has 0 saturated carbocycles. The number of nitrogens with one attached hydrogen (secondary N) is 1. The van der Waals surface area contributed by atoms with Gasteiger partial charge in [0.05, 0.1) is 30.6 Å². The van der Waals surface area contributed by atoms with E-state index in [-0.39, 0.29) is 24.7 Å². The molecule has 0 aliphatic rings. The summed E-state index contributed by atoms with van der Waals surface area (Å²) in [6, 6.07) is 16.6. The fourth-order valence-electron chi connectivity index (χ4n) is 3.24. The molecule has 0 atom stereocenters. The molecule has 3 N–H and O–H groups in total. The summed E-state index contributed by atoms with van der Waals surface area (Å²) in [6.07, 6.45) is 8.51. The second kappa shape index (κ2) is 11.6. The van der Waals surface area contributed by atoms with Gasteiger partial charge in [0.25, 0.3) is 0 Å². The normalized spacial score (nSPS) is 11.6. The van der Waals surface area contributed by atoms with Gasteiger partial charge in [0.2, 0.25) is 5.91 Å². The van der Waals surface area contributed by atoms with E-state index in [1.807, 2.05) is 31.2 Å². The molecule has 0 spiro atoms. The van der Waals surface area contributed by atoms with Crippen LogP contribution in [0.5, 0.6) is 5.75 Å². The van der Waals surface area contributed by atoms with Crippen LogP contribution in [-0.2, 0) is 24.1 Å².